The van der Waals surface area contributed by atoms with Gasteiger partial charge in [0.2, 0.25) is 11.5 Å². The lowest BCUT2D eigenvalue weighted by molar-refractivity contribution is -0.995. The first-order chi connectivity index (χ1) is 15.2. The molecule has 1 aromatic heterocycles. The highest BCUT2D eigenvalue weighted by molar-refractivity contribution is 8.04. The van der Waals surface area contributed by atoms with E-state index in [1.165, 1.54) is 22.7 Å². The Morgan fingerprint density at radius 1 is 1.19 bits per heavy atom. The van der Waals surface area contributed by atoms with E-state index < -0.39 is 23.4 Å². The molecule has 32 heavy (non-hydrogen) atoms. The summed E-state index contributed by atoms with van der Waals surface area (Å²) < 4.78 is 25.1. The van der Waals surface area contributed by atoms with Crippen LogP contribution in [0, 0.1) is 12.7 Å². The van der Waals surface area contributed by atoms with Crippen LogP contribution in [0.1, 0.15) is 28.8 Å². The van der Waals surface area contributed by atoms with Crippen molar-refractivity contribution < 1.29 is 42.6 Å². The number of fused-ring (bicyclic) bond motifs is 3. The molecule has 168 valence electrons. The molecule has 2 unspecified atom stereocenters. The van der Waals surface area contributed by atoms with Crippen LogP contribution >= 0.6 is 11.8 Å². The molecule has 2 fully saturated rings. The van der Waals surface area contributed by atoms with Crippen molar-refractivity contribution in [1.82, 2.24) is 0 Å². The summed E-state index contributed by atoms with van der Waals surface area (Å²) in [6.45, 7) is 7.01. The van der Waals surface area contributed by atoms with Crippen molar-refractivity contribution in [2.24, 2.45) is 0 Å². The average Bonchev–Trinajstić information content (AvgIpc) is 3.05. The van der Waals surface area contributed by atoms with Gasteiger partial charge in [0.05, 0.1) is 11.6 Å². The summed E-state index contributed by atoms with van der Waals surface area (Å²) in [6, 6.07) is 2.93. The van der Waals surface area contributed by atoms with Crippen molar-refractivity contribution in [3.05, 3.63) is 56.3 Å². The molecule has 5 rings (SSSR count). The van der Waals surface area contributed by atoms with Crippen LogP contribution in [0.15, 0.2) is 36.4 Å². The van der Waals surface area contributed by atoms with Crippen LogP contribution in [0.25, 0.3) is 0 Å². The van der Waals surface area contributed by atoms with Crippen molar-refractivity contribution in [1.29, 1.82) is 0 Å². The van der Waals surface area contributed by atoms with Gasteiger partial charge in [-0.25, -0.2) is 14.0 Å². The van der Waals surface area contributed by atoms with E-state index in [2.05, 4.69) is 0 Å². The second-order valence-corrected chi connectivity index (χ2v) is 9.70. The highest BCUT2D eigenvalue weighted by Crippen LogP contribution is 2.37. The highest BCUT2D eigenvalue weighted by Gasteiger charge is 2.51. The molecule has 1 aromatic carbocycles. The number of hydrogen-bond donors (Lipinski definition) is 4. The fourth-order valence-corrected chi connectivity index (χ4v) is 6.00. The maximum atomic E-state index is 15.1. The van der Waals surface area contributed by atoms with Gasteiger partial charge in [-0.2, -0.15) is 0 Å². The summed E-state index contributed by atoms with van der Waals surface area (Å²) >= 11 is 1.36. The Bertz CT molecular complexity index is 1230. The van der Waals surface area contributed by atoms with Gasteiger partial charge >= 0.3 is 11.8 Å². The number of carbonyl (C=O) groups excluding carboxylic acids is 1. The van der Waals surface area contributed by atoms with Crippen LogP contribution in [-0.2, 0) is 11.3 Å². The molecule has 9 nitrogen and oxygen atoms in total. The number of ketones is 1. The minimum absolute atomic E-state index is 0.0497. The summed E-state index contributed by atoms with van der Waals surface area (Å²) in [5, 5.41) is 10.0. The van der Waals surface area contributed by atoms with E-state index in [0.717, 1.165) is 22.9 Å². The van der Waals surface area contributed by atoms with E-state index >= 15 is 4.39 Å². The van der Waals surface area contributed by atoms with E-state index in [0.29, 0.717) is 47.6 Å². The molecule has 0 bridgehead atoms. The van der Waals surface area contributed by atoms with E-state index in [1.807, 2.05) is 6.92 Å². The third-order valence-corrected chi connectivity index (χ3v) is 7.69. The number of thioether (sulfide) groups is 1. The fourth-order valence-electron chi connectivity index (χ4n) is 4.76. The third kappa shape index (κ3) is 3.32. The zero-order chi connectivity index (χ0) is 22.7. The van der Waals surface area contributed by atoms with Gasteiger partial charge in [0.15, 0.2) is 38.9 Å². The Kier molecular flexibility index (Phi) is 5.08. The van der Waals surface area contributed by atoms with Crippen LogP contribution in [0.4, 0.5) is 15.8 Å². The van der Waals surface area contributed by atoms with E-state index in [1.54, 1.807) is 13.0 Å². The molecule has 0 aliphatic carbocycles. The zero-order valence-corrected chi connectivity index (χ0v) is 18.4. The minimum atomic E-state index is -1.27. The monoisotopic (exact) mass is 464 g/mol. The maximum Gasteiger partial charge on any atom is 0.519 e. The first kappa shape index (κ1) is 21.1. The van der Waals surface area contributed by atoms with Gasteiger partial charge in [-0.3, -0.25) is 14.6 Å². The summed E-state index contributed by atoms with van der Waals surface area (Å²) in [6.07, 6.45) is 0. The molecule has 0 spiro atoms. The number of aryl methyl sites for hydroxylation is 1. The first-order valence-corrected chi connectivity index (χ1v) is 11.3. The summed E-state index contributed by atoms with van der Waals surface area (Å²) in [7, 11) is 0. The third-order valence-electron chi connectivity index (χ3n) is 6.44. The molecule has 0 radical (unpaired) electrons. The molecule has 4 N–H and O–H groups in total. The molecule has 0 saturated carbocycles. The van der Waals surface area contributed by atoms with Crippen molar-refractivity contribution >= 4 is 34.9 Å². The predicted molar refractivity (Wildman–Crippen MR) is 110 cm³/mol. The Morgan fingerprint density at radius 2 is 1.91 bits per heavy atom. The average molecular weight is 464 g/mol. The number of Topliss-reactive ketones (excluding diaryl/α,β-unsaturated/α-hetero) is 1. The molecular formula is C21H23FN3O6S+3. The van der Waals surface area contributed by atoms with Gasteiger partial charge < -0.3 is 18.8 Å². The van der Waals surface area contributed by atoms with Gasteiger partial charge in [0.25, 0.3) is 0 Å². The summed E-state index contributed by atoms with van der Waals surface area (Å²) in [5.74, 6) is -2.08. The predicted octanol–water partition coefficient (Wildman–Crippen LogP) is -1.60. The number of benzene rings is 1. The lowest BCUT2D eigenvalue weighted by Gasteiger charge is -2.39. The standard InChI is InChI=1S/C21H20FN3O6S/c1-10-16(31-21(29)30-10)9-23-3-5-24(6-4-23)15-8-14-12(7-13(15)22)18(26)17(20(27)28)19-25(14)11(2)32-19/h7-8,11H,3-6,9H2,1-2H3,(H,27,28)/p+3. The van der Waals surface area contributed by atoms with Crippen LogP contribution in [-0.4, -0.2) is 48.4 Å². The maximum absolute atomic E-state index is 15.1. The number of piperazine rings is 1. The molecule has 0 amide bonds. The van der Waals surface area contributed by atoms with Crippen molar-refractivity contribution in [2.45, 2.75) is 25.8 Å². The first-order valence-electron chi connectivity index (χ1n) is 10.4. The van der Waals surface area contributed by atoms with Crippen LogP contribution < -0.4 is 20.5 Å². The second kappa shape index (κ2) is 7.69. The molecule has 3 aliphatic heterocycles. The number of rotatable bonds is 4. The normalized spacial score (nSPS) is 27.0. The Labute approximate surface area is 186 Å². The quantitative estimate of drug-likeness (QED) is 0.404. The number of hydrogen-bond acceptors (Lipinski definition) is 6. The Hall–Kier alpha value is -2.73. The Morgan fingerprint density at radius 3 is 2.50 bits per heavy atom. The summed E-state index contributed by atoms with van der Waals surface area (Å²) in [4.78, 5) is 38.6. The molecule has 2 atom stereocenters. The van der Waals surface area contributed by atoms with Gasteiger partial charge in [0, 0.05) is 0 Å². The molecule has 3 aliphatic rings. The number of carbonyl (C=O) groups is 2. The molecular weight excluding hydrogens is 441 g/mol. The highest BCUT2D eigenvalue weighted by atomic mass is 32.2. The number of carboxylic acid groups (broad SMARTS) is 1. The number of nitrogens with one attached hydrogen (secondary N) is 3. The molecule has 2 aromatic rings. The summed E-state index contributed by atoms with van der Waals surface area (Å²) in [5.41, 5.74) is 1.02. The largest absolute Gasteiger partial charge is 0.519 e. The topological polar surface area (TPSA) is 111 Å². The van der Waals surface area contributed by atoms with Crippen molar-refractivity contribution in [3.8, 4) is 0 Å². The van der Waals surface area contributed by atoms with E-state index in [9.17, 15) is 19.5 Å². The van der Waals surface area contributed by atoms with E-state index in [4.69, 9.17) is 8.83 Å². The lowest BCUT2D eigenvalue weighted by atomic mass is 9.96. The van der Waals surface area contributed by atoms with E-state index in [-0.39, 0.29) is 16.5 Å². The van der Waals surface area contributed by atoms with Crippen LogP contribution in [0.3, 0.4) is 0 Å². The van der Waals surface area contributed by atoms with Crippen molar-refractivity contribution in [2.75, 3.05) is 26.2 Å². The lowest BCUT2D eigenvalue weighted by Crippen LogP contribution is -3.25. The van der Waals surface area contributed by atoms with Crippen LogP contribution in [0.2, 0.25) is 0 Å². The number of aliphatic carboxylic acids is 1. The minimum Gasteiger partial charge on any atom is -0.477 e. The smallest absolute Gasteiger partial charge is 0.477 e. The SMILES string of the molecule is Cc1oc(=O)oc1C[NH+]1CC[NH+](c2cc3c(cc2F)C(=O)C(C(=O)O)=C2SC(C)[NH+]23)CC1. The van der Waals surface area contributed by atoms with Gasteiger partial charge in [-0.05, 0) is 31.7 Å². The molecule has 2 saturated heterocycles. The zero-order valence-electron chi connectivity index (χ0n) is 17.5. The number of quaternary nitrogens is 3. The van der Waals surface area contributed by atoms with Crippen LogP contribution in [0.5, 0.6) is 0 Å². The van der Waals surface area contributed by atoms with Gasteiger partial charge in [0.1, 0.15) is 32.7 Å². The molecule has 4 heterocycles. The Balaban J connectivity index is 1.38. The van der Waals surface area contributed by atoms with Gasteiger partial charge in [-0.15, -0.1) is 0 Å². The second-order valence-electron chi connectivity index (χ2n) is 8.35. The fraction of sp³-hybridized carbons (Fsp3) is 0.381. The van der Waals surface area contributed by atoms with Crippen molar-refractivity contribution in [3.63, 3.8) is 0 Å². The van der Waals surface area contributed by atoms with Gasteiger partial charge in [-0.1, -0.05) is 0 Å². The number of halogens is 1. The molecule has 11 heteroatoms. The number of carboxylic acids is 1.